The highest BCUT2D eigenvalue weighted by molar-refractivity contribution is 6.34. The number of likely N-dealkylation sites (N-methyl/N-ethyl adjacent to an activating group) is 1. The lowest BCUT2D eigenvalue weighted by Gasteiger charge is -2.34. The van der Waals surface area contributed by atoms with E-state index in [9.17, 15) is 4.79 Å². The van der Waals surface area contributed by atoms with Gasteiger partial charge < -0.3 is 9.47 Å². The van der Waals surface area contributed by atoms with Crippen LogP contribution in [0.2, 0.25) is 5.02 Å². The van der Waals surface area contributed by atoms with Gasteiger partial charge in [0.05, 0.1) is 32.5 Å². The average molecular weight is 484 g/mol. The Bertz CT molecular complexity index is 1040. The summed E-state index contributed by atoms with van der Waals surface area (Å²) in [5.74, 6) is 1.41. The zero-order valence-electron chi connectivity index (χ0n) is 20.3. The van der Waals surface area contributed by atoms with E-state index in [2.05, 4.69) is 11.8 Å². The van der Waals surface area contributed by atoms with Gasteiger partial charge in [-0.3, -0.25) is 9.69 Å². The quantitative estimate of drug-likeness (QED) is 0.484. The summed E-state index contributed by atoms with van der Waals surface area (Å²) in [5, 5.41) is 7.10. The third kappa shape index (κ3) is 5.23. The van der Waals surface area contributed by atoms with Gasteiger partial charge in [0, 0.05) is 28.6 Å². The SMILES string of the molecule is CCN(CC(=O)N1N=C(c2ccccc2Cl)CC1c1cc(OC)ccc1OC)C1CCCCC1. The zero-order valence-corrected chi connectivity index (χ0v) is 21.1. The monoisotopic (exact) mass is 483 g/mol. The molecule has 1 atom stereocenters. The van der Waals surface area contributed by atoms with Gasteiger partial charge in [-0.15, -0.1) is 0 Å². The van der Waals surface area contributed by atoms with Crippen LogP contribution in [0.25, 0.3) is 0 Å². The largest absolute Gasteiger partial charge is 0.497 e. The molecule has 1 fully saturated rings. The maximum atomic E-state index is 13.7. The van der Waals surface area contributed by atoms with E-state index in [0.29, 0.717) is 35.5 Å². The van der Waals surface area contributed by atoms with E-state index >= 15 is 0 Å². The molecular formula is C27H34ClN3O3. The van der Waals surface area contributed by atoms with Gasteiger partial charge in [0.15, 0.2) is 0 Å². The Hall–Kier alpha value is -2.57. The first-order valence-electron chi connectivity index (χ1n) is 12.2. The second kappa shape index (κ2) is 11.2. The molecule has 0 radical (unpaired) electrons. The summed E-state index contributed by atoms with van der Waals surface area (Å²) < 4.78 is 11.1. The number of benzene rings is 2. The van der Waals surface area contributed by atoms with Crippen LogP contribution in [0.4, 0.5) is 0 Å². The number of hydrazone groups is 1. The number of nitrogens with zero attached hydrogens (tertiary/aromatic N) is 3. The van der Waals surface area contributed by atoms with Crippen LogP contribution in [0.1, 0.15) is 62.6 Å². The van der Waals surface area contributed by atoms with Gasteiger partial charge in [0.2, 0.25) is 0 Å². The Morgan fingerprint density at radius 3 is 2.56 bits per heavy atom. The molecule has 1 saturated carbocycles. The Balaban J connectivity index is 1.67. The summed E-state index contributed by atoms with van der Waals surface area (Å²) in [5.41, 5.74) is 2.53. The number of carbonyl (C=O) groups is 1. The van der Waals surface area contributed by atoms with Crippen molar-refractivity contribution in [2.24, 2.45) is 5.10 Å². The van der Waals surface area contributed by atoms with Crippen molar-refractivity contribution in [3.05, 3.63) is 58.6 Å². The molecule has 1 aliphatic carbocycles. The van der Waals surface area contributed by atoms with E-state index < -0.39 is 0 Å². The topological polar surface area (TPSA) is 54.4 Å². The van der Waals surface area contributed by atoms with E-state index in [1.54, 1.807) is 19.2 Å². The summed E-state index contributed by atoms with van der Waals surface area (Å²) in [7, 11) is 3.28. The van der Waals surface area contributed by atoms with Gasteiger partial charge in [0.1, 0.15) is 11.5 Å². The molecule has 0 spiro atoms. The summed E-state index contributed by atoms with van der Waals surface area (Å²) in [4.78, 5) is 16.0. The van der Waals surface area contributed by atoms with Gasteiger partial charge in [-0.2, -0.15) is 5.10 Å². The minimum Gasteiger partial charge on any atom is -0.497 e. The summed E-state index contributed by atoms with van der Waals surface area (Å²) in [6.45, 7) is 3.33. The fourth-order valence-corrected chi connectivity index (χ4v) is 5.38. The molecule has 2 aliphatic rings. The van der Waals surface area contributed by atoms with Crippen LogP contribution in [0.3, 0.4) is 0 Å². The van der Waals surface area contributed by atoms with Gasteiger partial charge in [-0.05, 0) is 43.7 Å². The van der Waals surface area contributed by atoms with Crippen molar-refractivity contribution in [1.29, 1.82) is 0 Å². The second-order valence-electron chi connectivity index (χ2n) is 8.95. The first kappa shape index (κ1) is 24.6. The predicted octanol–water partition coefficient (Wildman–Crippen LogP) is 5.69. The van der Waals surface area contributed by atoms with Crippen molar-refractivity contribution < 1.29 is 14.3 Å². The molecular weight excluding hydrogens is 450 g/mol. The van der Waals surface area contributed by atoms with Crippen LogP contribution in [0, 0.1) is 0 Å². The molecule has 0 saturated heterocycles. The van der Waals surface area contributed by atoms with E-state index in [1.165, 1.54) is 19.3 Å². The smallest absolute Gasteiger partial charge is 0.257 e. The lowest BCUT2D eigenvalue weighted by molar-refractivity contribution is -0.135. The number of hydrogen-bond acceptors (Lipinski definition) is 5. The average Bonchev–Trinajstić information content (AvgIpc) is 3.32. The third-order valence-corrected chi connectivity index (χ3v) is 7.31. The molecule has 7 heteroatoms. The van der Waals surface area contributed by atoms with Gasteiger partial charge >= 0.3 is 0 Å². The maximum absolute atomic E-state index is 13.7. The number of rotatable bonds is 8. The Morgan fingerprint density at radius 2 is 1.88 bits per heavy atom. The molecule has 1 amide bonds. The van der Waals surface area contributed by atoms with E-state index in [1.807, 2.05) is 42.5 Å². The van der Waals surface area contributed by atoms with Crippen LogP contribution in [0.15, 0.2) is 47.6 Å². The second-order valence-corrected chi connectivity index (χ2v) is 9.35. The van der Waals surface area contributed by atoms with Crippen molar-refractivity contribution in [2.75, 3.05) is 27.3 Å². The number of carbonyl (C=O) groups excluding carboxylic acids is 1. The molecule has 2 aromatic carbocycles. The molecule has 182 valence electrons. The summed E-state index contributed by atoms with van der Waals surface area (Å²) >= 11 is 6.50. The number of amides is 1. The van der Waals surface area contributed by atoms with Crippen LogP contribution in [-0.4, -0.2) is 54.9 Å². The number of ether oxygens (including phenoxy) is 2. The van der Waals surface area contributed by atoms with E-state index in [4.69, 9.17) is 26.2 Å². The zero-order chi connectivity index (χ0) is 24.1. The predicted molar refractivity (Wildman–Crippen MR) is 136 cm³/mol. The Morgan fingerprint density at radius 1 is 1.12 bits per heavy atom. The fourth-order valence-electron chi connectivity index (χ4n) is 5.13. The summed E-state index contributed by atoms with van der Waals surface area (Å²) in [6, 6.07) is 13.5. The van der Waals surface area contributed by atoms with Crippen LogP contribution >= 0.6 is 11.6 Å². The molecule has 0 N–H and O–H groups in total. The maximum Gasteiger partial charge on any atom is 0.257 e. The number of hydrogen-bond donors (Lipinski definition) is 0. The van der Waals surface area contributed by atoms with Crippen molar-refractivity contribution in [1.82, 2.24) is 9.91 Å². The van der Waals surface area contributed by atoms with Crippen molar-refractivity contribution in [3.63, 3.8) is 0 Å². The molecule has 2 aromatic rings. The van der Waals surface area contributed by atoms with Crippen LogP contribution in [0.5, 0.6) is 11.5 Å². The van der Waals surface area contributed by atoms with Crippen molar-refractivity contribution in [2.45, 2.75) is 57.5 Å². The minimum atomic E-state index is -0.297. The minimum absolute atomic E-state index is 0.00986. The molecule has 1 heterocycles. The van der Waals surface area contributed by atoms with Gasteiger partial charge in [-0.1, -0.05) is 56.0 Å². The lowest BCUT2D eigenvalue weighted by atomic mass is 9.94. The van der Waals surface area contributed by atoms with Crippen LogP contribution in [-0.2, 0) is 4.79 Å². The van der Waals surface area contributed by atoms with Crippen molar-refractivity contribution >= 4 is 23.2 Å². The van der Waals surface area contributed by atoms with Crippen molar-refractivity contribution in [3.8, 4) is 11.5 Å². The molecule has 1 unspecified atom stereocenters. The first-order valence-corrected chi connectivity index (χ1v) is 12.5. The Kier molecular flexibility index (Phi) is 8.11. The molecule has 1 aliphatic heterocycles. The lowest BCUT2D eigenvalue weighted by Crippen LogP contribution is -2.44. The Labute approximate surface area is 207 Å². The van der Waals surface area contributed by atoms with E-state index in [0.717, 1.165) is 36.2 Å². The van der Waals surface area contributed by atoms with Gasteiger partial charge in [-0.25, -0.2) is 5.01 Å². The van der Waals surface area contributed by atoms with Crippen LogP contribution < -0.4 is 9.47 Å². The number of halogens is 1. The van der Waals surface area contributed by atoms with E-state index in [-0.39, 0.29) is 11.9 Å². The molecule has 4 rings (SSSR count). The number of methoxy groups -OCH3 is 2. The highest BCUT2D eigenvalue weighted by Gasteiger charge is 2.36. The highest BCUT2D eigenvalue weighted by atomic mass is 35.5. The normalized spacial score (nSPS) is 18.8. The highest BCUT2D eigenvalue weighted by Crippen LogP contribution is 2.40. The van der Waals surface area contributed by atoms with Gasteiger partial charge in [0.25, 0.3) is 5.91 Å². The molecule has 34 heavy (non-hydrogen) atoms. The first-order chi connectivity index (χ1) is 16.5. The standard InChI is InChI=1S/C27H34ClN3O3/c1-4-30(19-10-6-5-7-11-19)18-27(32)31-25(22-16-20(33-2)14-15-26(22)34-3)17-24(29-31)21-12-8-9-13-23(21)28/h8-9,12-16,19,25H,4-7,10-11,17-18H2,1-3H3. The third-order valence-electron chi connectivity index (χ3n) is 6.98. The fraction of sp³-hybridized carbons (Fsp3) is 0.481. The summed E-state index contributed by atoms with van der Waals surface area (Å²) in [6.07, 6.45) is 6.62. The molecule has 6 nitrogen and oxygen atoms in total. The molecule has 0 bridgehead atoms. The molecule has 0 aromatic heterocycles.